The van der Waals surface area contributed by atoms with Crippen LogP contribution in [0.2, 0.25) is 0 Å². The molecule has 4 N–H and O–H groups in total. The molecule has 0 saturated heterocycles. The first kappa shape index (κ1) is 143. The minimum absolute atomic E-state index is 0. The van der Waals surface area contributed by atoms with Crippen molar-refractivity contribution in [3.8, 4) is 0 Å². The average molecular weight is 2510 g/mol. The average Bonchev–Trinajstić information content (AvgIpc) is 0.927. The Kier molecular flexibility index (Phi) is 112. The van der Waals surface area contributed by atoms with E-state index >= 15 is 0 Å². The van der Waals surface area contributed by atoms with E-state index in [0.29, 0.717) is 12.8 Å². The van der Waals surface area contributed by atoms with Gasteiger partial charge in [-0.2, -0.15) is 0 Å². The van der Waals surface area contributed by atoms with Gasteiger partial charge in [0.25, 0.3) is 0 Å². The molecule has 0 aliphatic rings. The van der Waals surface area contributed by atoms with E-state index in [1.165, 1.54) is 117 Å². The maximum Gasteiger partial charge on any atom is 3.00 e. The molecular weight excluding hydrogens is 2390 g/mol. The fraction of sp³-hybridized carbons (Fsp3) is 0.679. The third-order valence-electron chi connectivity index (χ3n) is 16.4. The van der Waals surface area contributed by atoms with Crippen molar-refractivity contribution in [3.63, 3.8) is 0 Å². The number of carboxylic acids is 15. The number of hydrogen-bond acceptors (Lipinski definition) is 41. The molecule has 126 heavy (non-hydrogen) atoms. The molecule has 2 amide bonds. The zero-order valence-corrected chi connectivity index (χ0v) is 82.5. The summed E-state index contributed by atoms with van der Waals surface area (Å²) in [5.74, 6) is -23.4. The van der Waals surface area contributed by atoms with Gasteiger partial charge in [-0.1, -0.05) is 127 Å². The maximum absolute atomic E-state index is 10.8. The third-order valence-corrected chi connectivity index (χ3v) is 16.4. The van der Waals surface area contributed by atoms with Crippen LogP contribution in [0.15, 0.2) is 48.6 Å². The van der Waals surface area contributed by atoms with Crippen molar-refractivity contribution in [2.75, 3.05) is 177 Å². The summed E-state index contributed by atoms with van der Waals surface area (Å²) in [6.07, 6.45) is 45.9. The molecule has 0 atom stereocenters. The van der Waals surface area contributed by atoms with Crippen molar-refractivity contribution in [1.29, 1.82) is 0 Å². The third kappa shape index (κ3) is 118. The van der Waals surface area contributed by atoms with Gasteiger partial charge in [-0.3, -0.25) is 53.7 Å². The first-order valence-electron chi connectivity index (χ1n) is 39.7. The molecule has 0 aliphatic carbocycles. The number of carbonyl (C=O) groups excluding carboxylic acids is 17. The Balaban J connectivity index is -0.000000166. The first-order valence-corrected chi connectivity index (χ1v) is 39.7. The Morgan fingerprint density at radius 3 is 0.460 bits per heavy atom. The molecule has 0 fully saturated rings. The van der Waals surface area contributed by atoms with Crippen LogP contribution in [-0.4, -0.2) is 322 Å². The van der Waals surface area contributed by atoms with Crippen molar-refractivity contribution in [2.24, 2.45) is 11.5 Å². The van der Waals surface area contributed by atoms with Gasteiger partial charge < -0.3 is 160 Å². The summed E-state index contributed by atoms with van der Waals surface area (Å²) in [6, 6.07) is 0. The molecule has 0 aliphatic heterocycles. The van der Waals surface area contributed by atoms with Crippen LogP contribution in [0.3, 0.4) is 0 Å². The minimum Gasteiger partial charge on any atom is -0.549 e. The van der Waals surface area contributed by atoms with Crippen molar-refractivity contribution < 1.29 is 358 Å². The Bertz CT molecular complexity index is 2650. The summed E-state index contributed by atoms with van der Waals surface area (Å²) in [6.45, 7) is -8.00. The SMILES string of the molecule is CCCCC/C=C\C/C=C\CCCCCCCC(N)=O.CCCCC/C=C\C/C=C\CCCCCCCC(N)=O.O=C([O-])CN(CCN(CC(=O)[O-])CC(=O)[O-])CCN(CC(=O)[O-])CC(=O)[O-].O=C([O-])CN(CCN(CC(=O)[O-])CC(=O)[O-])CCN(CC(=O)[O-])CC(=O)[O-].O=C([O-])CN(CCN(CC(=O)[O-])CC(=O)[O-])CCN(CC(=O)[O-])CC(=O)[O-].[Gd+3].[Gd+3].[Gd+3].[Gd+3].[Gd+3]. The predicted octanol–water partition coefficient (Wildman–Crippen LogP) is -17.5. The number of nitrogens with zero attached hydrogens (tertiary/aromatic N) is 9. The topological polar surface area (TPSA) is 717 Å². The molecule has 719 valence electrons. The largest absolute Gasteiger partial charge is 3.00 e. The molecule has 0 aromatic heterocycles. The molecule has 48 heteroatoms. The van der Waals surface area contributed by atoms with Crippen LogP contribution in [0.5, 0.6) is 0 Å². The van der Waals surface area contributed by atoms with E-state index in [-0.39, 0.29) is 290 Å². The second-order valence-corrected chi connectivity index (χ2v) is 27.6. The normalized spacial score (nSPS) is 10.8. The zero-order chi connectivity index (χ0) is 92.7. The van der Waals surface area contributed by atoms with E-state index in [1.54, 1.807) is 0 Å². The Labute approximate surface area is 896 Å². The zero-order valence-electron chi connectivity index (χ0n) is 71.2. The van der Waals surface area contributed by atoms with Gasteiger partial charge in [-0.05, 0) is 77.0 Å². The number of carboxylic acid groups (broad SMARTS) is 15. The van der Waals surface area contributed by atoms with Crippen LogP contribution in [-0.2, 0) is 81.5 Å². The minimum atomic E-state index is -1.54. The number of unbranched alkanes of at least 4 members (excludes halogenated alkanes) is 16. The van der Waals surface area contributed by atoms with Gasteiger partial charge in [0, 0.05) is 190 Å². The van der Waals surface area contributed by atoms with Crippen LogP contribution < -0.4 is 88.1 Å². The maximum atomic E-state index is 10.8. The molecule has 0 saturated carbocycles. The number of amides is 2. The number of hydrogen-bond donors (Lipinski definition) is 2. The molecule has 5 radical (unpaired) electrons. The number of aliphatic carboxylic acids is 15. The molecule has 0 rings (SSSR count). The van der Waals surface area contributed by atoms with E-state index in [0.717, 1.165) is 67.9 Å². The van der Waals surface area contributed by atoms with Gasteiger partial charge in [0.05, 0.1) is 89.5 Å². The molecule has 0 aromatic carbocycles. The molecule has 0 unspecified atom stereocenters. The van der Waals surface area contributed by atoms with Gasteiger partial charge in [0.15, 0.2) is 0 Å². The van der Waals surface area contributed by atoms with Crippen molar-refractivity contribution in [3.05, 3.63) is 48.6 Å². The Morgan fingerprint density at radius 2 is 0.317 bits per heavy atom. The number of carbonyl (C=O) groups is 17. The summed E-state index contributed by atoms with van der Waals surface area (Å²) in [4.78, 5) is 190. The van der Waals surface area contributed by atoms with E-state index in [2.05, 4.69) is 62.5 Å². The van der Waals surface area contributed by atoms with Crippen LogP contribution in [0.1, 0.15) is 168 Å². The molecular formula is C78H120Gd5N11O32. The Hall–Kier alpha value is -3.79. The van der Waals surface area contributed by atoms with E-state index in [4.69, 9.17) is 11.5 Å². The number of nitrogens with two attached hydrogens (primary N) is 2. The molecule has 0 bridgehead atoms. The van der Waals surface area contributed by atoms with Gasteiger partial charge in [-0.15, -0.1) is 0 Å². The fourth-order valence-electron chi connectivity index (χ4n) is 10.8. The quantitative estimate of drug-likeness (QED) is 0.0422. The summed E-state index contributed by atoms with van der Waals surface area (Å²) in [5.41, 5.74) is 10.2. The number of rotatable bonds is 76. The van der Waals surface area contributed by atoms with Crippen LogP contribution in [0, 0.1) is 200 Å². The first-order chi connectivity index (χ1) is 57.0. The van der Waals surface area contributed by atoms with Gasteiger partial charge in [0.2, 0.25) is 11.8 Å². The van der Waals surface area contributed by atoms with Gasteiger partial charge in [-0.25, -0.2) is 0 Å². The number of allylic oxidation sites excluding steroid dienone is 8. The van der Waals surface area contributed by atoms with E-state index < -0.39 is 188 Å². The molecule has 0 spiro atoms. The van der Waals surface area contributed by atoms with Crippen molar-refractivity contribution in [1.82, 2.24) is 44.1 Å². The molecule has 43 nitrogen and oxygen atoms in total. The van der Waals surface area contributed by atoms with E-state index in [9.17, 15) is 158 Å². The molecule has 0 heterocycles. The van der Waals surface area contributed by atoms with Crippen LogP contribution >= 0.6 is 0 Å². The summed E-state index contributed by atoms with van der Waals surface area (Å²) < 4.78 is 0. The summed E-state index contributed by atoms with van der Waals surface area (Å²) in [7, 11) is 0. The monoisotopic (exact) mass is 2510 g/mol. The van der Waals surface area contributed by atoms with Crippen LogP contribution in [0.4, 0.5) is 0 Å². The Morgan fingerprint density at radius 1 is 0.190 bits per heavy atom. The van der Waals surface area contributed by atoms with Crippen molar-refractivity contribution >= 4 is 101 Å². The fourth-order valence-corrected chi connectivity index (χ4v) is 10.8. The van der Waals surface area contributed by atoms with Gasteiger partial charge in [0.1, 0.15) is 0 Å². The summed E-state index contributed by atoms with van der Waals surface area (Å²) in [5, 5.41) is 160. The summed E-state index contributed by atoms with van der Waals surface area (Å²) >= 11 is 0. The van der Waals surface area contributed by atoms with Crippen molar-refractivity contribution in [2.45, 2.75) is 168 Å². The van der Waals surface area contributed by atoms with E-state index in [1.807, 2.05) is 0 Å². The smallest absolute Gasteiger partial charge is 0.549 e. The number of primary amides is 2. The van der Waals surface area contributed by atoms with Crippen LogP contribution in [0.25, 0.3) is 0 Å². The second-order valence-electron chi connectivity index (χ2n) is 27.6. The van der Waals surface area contributed by atoms with Gasteiger partial charge >= 0.3 is 200 Å². The predicted molar refractivity (Wildman–Crippen MR) is 400 cm³/mol. The molecule has 0 aromatic rings. The standard InChI is InChI=1S/2C18H33NO.3C14H23N3O10.5Gd/c2*1-2-3-4-5-6-7-8-9-10-11-12-13-14-15-16-17-18(19)20;3*18-10(19)5-15(1-3-16(6-11(20)21)7-12(22)23)2-4-17(8-13(24)25)9-14(26)27;;;;;/h2*6-7,9-10H,2-5,8,11-17H2,1H3,(H2,19,20);3*1-9H2,(H,18,19)(H,20,21)(H,22,23)(H,24,25)(H,26,27);;;;;/q;;;;;5*+3/p-15/b2*7-6-,10-9-;;;;;;;;. The second kappa shape index (κ2) is 98.7.